The number of aromatic amines is 1. The summed E-state index contributed by atoms with van der Waals surface area (Å²) in [4.78, 5) is 7.32. The van der Waals surface area contributed by atoms with Crippen LogP contribution >= 0.6 is 0 Å². The van der Waals surface area contributed by atoms with Crippen LogP contribution in [0.15, 0.2) is 60.7 Å². The van der Waals surface area contributed by atoms with Crippen LogP contribution in [0.5, 0.6) is 11.5 Å². The lowest BCUT2D eigenvalue weighted by atomic mass is 10.1. The van der Waals surface area contributed by atoms with Gasteiger partial charge in [-0.1, -0.05) is 18.2 Å². The number of nitrogens with one attached hydrogen (secondary N) is 1. The van der Waals surface area contributed by atoms with Gasteiger partial charge in [0.25, 0.3) is 0 Å². The van der Waals surface area contributed by atoms with Crippen LogP contribution in [0.1, 0.15) is 17.0 Å². The molecule has 1 heterocycles. The van der Waals surface area contributed by atoms with Gasteiger partial charge in [0, 0.05) is 0 Å². The van der Waals surface area contributed by atoms with Gasteiger partial charge in [0.05, 0.1) is 23.7 Å². The summed E-state index contributed by atoms with van der Waals surface area (Å²) < 4.78 is 37.7. The Kier molecular flexibility index (Phi) is 5.63. The second kappa shape index (κ2) is 8.67. The number of hydrogen-bond donors (Lipinski definition) is 1. The molecule has 4 aromatic rings. The van der Waals surface area contributed by atoms with Gasteiger partial charge in [-0.2, -0.15) is 5.26 Å². The first-order valence-electron chi connectivity index (χ1n) is 9.38. The van der Waals surface area contributed by atoms with E-state index in [1.54, 1.807) is 42.5 Å². The van der Waals surface area contributed by atoms with Crippen LogP contribution in [0.3, 0.4) is 0 Å². The first-order valence-corrected chi connectivity index (χ1v) is 9.38. The first kappa shape index (κ1) is 20.1. The number of methoxy groups -OCH3 is 1. The molecule has 0 fully saturated rings. The van der Waals surface area contributed by atoms with Crippen LogP contribution < -0.4 is 9.47 Å². The third kappa shape index (κ3) is 4.54. The highest BCUT2D eigenvalue weighted by Gasteiger charge is 2.11. The summed E-state index contributed by atoms with van der Waals surface area (Å²) in [5.41, 5.74) is 2.89. The van der Waals surface area contributed by atoms with Crippen LogP contribution in [-0.4, -0.2) is 17.1 Å². The van der Waals surface area contributed by atoms with Crippen molar-refractivity contribution in [2.75, 3.05) is 7.11 Å². The van der Waals surface area contributed by atoms with Crippen molar-refractivity contribution >= 4 is 22.7 Å². The number of imidazole rings is 1. The van der Waals surface area contributed by atoms with Gasteiger partial charge in [0.1, 0.15) is 30.1 Å². The number of hydrogen-bond acceptors (Lipinski definition) is 4. The molecule has 4 rings (SSSR count). The second-order valence-corrected chi connectivity index (χ2v) is 6.74. The Balaban J connectivity index is 1.58. The fourth-order valence-corrected chi connectivity index (χ4v) is 3.06. The van der Waals surface area contributed by atoms with E-state index in [0.717, 1.165) is 5.56 Å². The number of nitrogens with zero attached hydrogens (tertiary/aromatic N) is 2. The molecule has 1 aromatic heterocycles. The molecule has 0 aliphatic rings. The number of aromatic nitrogens is 2. The van der Waals surface area contributed by atoms with Crippen molar-refractivity contribution in [3.05, 3.63) is 89.2 Å². The van der Waals surface area contributed by atoms with Gasteiger partial charge in [0.2, 0.25) is 0 Å². The Bertz CT molecular complexity index is 1300. The smallest absolute Gasteiger partial charge is 0.161 e. The second-order valence-electron chi connectivity index (χ2n) is 6.74. The SMILES string of the molecule is COc1cc(/C=C(/C#N)c2nc3ccc(F)cc3[nH]2)ccc1OCc1ccc(F)cc1. The highest BCUT2D eigenvalue weighted by Crippen LogP contribution is 2.30. The maximum absolute atomic E-state index is 13.4. The quantitative estimate of drug-likeness (QED) is 0.421. The van der Waals surface area contributed by atoms with Gasteiger partial charge in [-0.25, -0.2) is 13.8 Å². The Morgan fingerprint density at radius 1 is 1.03 bits per heavy atom. The molecule has 3 aromatic carbocycles. The topological polar surface area (TPSA) is 70.9 Å². The molecular formula is C24H17F2N3O2. The maximum Gasteiger partial charge on any atom is 0.161 e. The Morgan fingerprint density at radius 2 is 1.81 bits per heavy atom. The minimum absolute atomic E-state index is 0.255. The van der Waals surface area contributed by atoms with E-state index in [9.17, 15) is 14.0 Å². The standard InChI is InChI=1S/C24H17F2N3O2/c1-30-23-11-16(4-9-22(23)31-14-15-2-5-18(25)6-3-15)10-17(13-27)24-28-20-8-7-19(26)12-21(20)29-24/h2-12H,14H2,1H3,(H,28,29)/b17-10-. The van der Waals surface area contributed by atoms with Gasteiger partial charge in [0.15, 0.2) is 11.5 Å². The highest BCUT2D eigenvalue weighted by molar-refractivity contribution is 5.90. The van der Waals surface area contributed by atoms with E-state index < -0.39 is 0 Å². The Labute approximate surface area is 177 Å². The normalized spacial score (nSPS) is 11.4. The molecule has 5 nitrogen and oxygen atoms in total. The third-order valence-electron chi connectivity index (χ3n) is 4.63. The van der Waals surface area contributed by atoms with E-state index in [1.807, 2.05) is 0 Å². The predicted molar refractivity (Wildman–Crippen MR) is 113 cm³/mol. The molecular weight excluding hydrogens is 400 g/mol. The van der Waals surface area contributed by atoms with Gasteiger partial charge in [-0.05, 0) is 59.7 Å². The zero-order chi connectivity index (χ0) is 21.8. The maximum atomic E-state index is 13.4. The summed E-state index contributed by atoms with van der Waals surface area (Å²) >= 11 is 0. The molecule has 154 valence electrons. The van der Waals surface area contributed by atoms with E-state index in [4.69, 9.17) is 9.47 Å². The molecule has 0 aliphatic carbocycles. The lowest BCUT2D eigenvalue weighted by Crippen LogP contribution is -1.98. The lowest BCUT2D eigenvalue weighted by molar-refractivity contribution is 0.284. The number of rotatable bonds is 6. The summed E-state index contributed by atoms with van der Waals surface area (Å²) in [6.45, 7) is 0.255. The molecule has 31 heavy (non-hydrogen) atoms. The molecule has 1 N–H and O–H groups in total. The molecule has 0 amide bonds. The van der Waals surface area contributed by atoms with Gasteiger partial charge >= 0.3 is 0 Å². The van der Waals surface area contributed by atoms with E-state index >= 15 is 0 Å². The fourth-order valence-electron chi connectivity index (χ4n) is 3.06. The Morgan fingerprint density at radius 3 is 2.55 bits per heavy atom. The van der Waals surface area contributed by atoms with Crippen LogP contribution in [-0.2, 0) is 6.61 Å². The number of H-pyrrole nitrogens is 1. The number of fused-ring (bicyclic) bond motifs is 1. The molecule has 0 unspecified atom stereocenters. The van der Waals surface area contributed by atoms with Crippen molar-refractivity contribution in [1.29, 1.82) is 5.26 Å². The average Bonchev–Trinajstić information content (AvgIpc) is 3.20. The van der Waals surface area contributed by atoms with Crippen molar-refractivity contribution in [2.45, 2.75) is 6.61 Å². The molecule has 7 heteroatoms. The monoisotopic (exact) mass is 417 g/mol. The third-order valence-corrected chi connectivity index (χ3v) is 4.63. The van der Waals surface area contributed by atoms with Crippen molar-refractivity contribution in [1.82, 2.24) is 9.97 Å². The molecule has 0 aliphatic heterocycles. The van der Waals surface area contributed by atoms with E-state index in [-0.39, 0.29) is 18.2 Å². The molecule has 0 saturated heterocycles. The van der Waals surface area contributed by atoms with E-state index in [2.05, 4.69) is 16.0 Å². The zero-order valence-corrected chi connectivity index (χ0v) is 16.5. The van der Waals surface area contributed by atoms with E-state index in [0.29, 0.717) is 39.5 Å². The minimum Gasteiger partial charge on any atom is -0.493 e. The highest BCUT2D eigenvalue weighted by atomic mass is 19.1. The molecule has 0 atom stereocenters. The van der Waals surface area contributed by atoms with Crippen molar-refractivity contribution < 1.29 is 18.3 Å². The molecule has 0 spiro atoms. The first-order chi connectivity index (χ1) is 15.1. The Hall–Kier alpha value is -4.18. The number of benzene rings is 3. The lowest BCUT2D eigenvalue weighted by Gasteiger charge is -2.11. The van der Waals surface area contributed by atoms with Crippen LogP contribution in [0.2, 0.25) is 0 Å². The van der Waals surface area contributed by atoms with Gasteiger partial charge in [-0.3, -0.25) is 0 Å². The number of allylic oxidation sites excluding steroid dienone is 1. The molecule has 0 saturated carbocycles. The molecule has 0 bridgehead atoms. The summed E-state index contributed by atoms with van der Waals surface area (Å²) in [6, 6.07) is 17.6. The summed E-state index contributed by atoms with van der Waals surface area (Å²) in [5, 5.41) is 9.60. The fraction of sp³-hybridized carbons (Fsp3) is 0.0833. The molecule has 0 radical (unpaired) electrons. The van der Waals surface area contributed by atoms with Crippen molar-refractivity contribution in [3.8, 4) is 17.6 Å². The average molecular weight is 417 g/mol. The van der Waals surface area contributed by atoms with Crippen molar-refractivity contribution in [3.63, 3.8) is 0 Å². The number of halogens is 2. The van der Waals surface area contributed by atoms with Crippen LogP contribution in [0.25, 0.3) is 22.7 Å². The number of nitriles is 1. The number of ether oxygens (including phenoxy) is 2. The van der Waals surface area contributed by atoms with Crippen LogP contribution in [0, 0.1) is 23.0 Å². The predicted octanol–water partition coefficient (Wildman–Crippen LogP) is 5.49. The van der Waals surface area contributed by atoms with E-state index in [1.165, 1.54) is 31.4 Å². The minimum atomic E-state index is -0.383. The zero-order valence-electron chi connectivity index (χ0n) is 16.5. The summed E-state index contributed by atoms with van der Waals surface area (Å²) in [5.74, 6) is 0.659. The van der Waals surface area contributed by atoms with Crippen LogP contribution in [0.4, 0.5) is 8.78 Å². The summed E-state index contributed by atoms with van der Waals surface area (Å²) in [7, 11) is 1.52. The summed E-state index contributed by atoms with van der Waals surface area (Å²) in [6.07, 6.45) is 1.65. The van der Waals surface area contributed by atoms with Crippen molar-refractivity contribution in [2.24, 2.45) is 0 Å². The van der Waals surface area contributed by atoms with Gasteiger partial charge < -0.3 is 14.5 Å². The largest absolute Gasteiger partial charge is 0.493 e. The van der Waals surface area contributed by atoms with Gasteiger partial charge in [-0.15, -0.1) is 0 Å².